The van der Waals surface area contributed by atoms with Crippen LogP contribution in [0.5, 0.6) is 0 Å². The monoisotopic (exact) mass is 319 g/mol. The standard InChI is InChI=1S/C10H14IN3O/c11-8-6-12-14(7-8)5-4-10(15)13-9-2-1-3-9/h6-7,9H,1-5H2,(H,13,15). The maximum absolute atomic E-state index is 11.5. The van der Waals surface area contributed by atoms with E-state index >= 15 is 0 Å². The van der Waals surface area contributed by atoms with Gasteiger partial charge in [-0.2, -0.15) is 5.10 Å². The van der Waals surface area contributed by atoms with Crippen LogP contribution in [0.15, 0.2) is 12.4 Å². The average Bonchev–Trinajstić information content (AvgIpc) is 2.55. The number of amides is 1. The Morgan fingerprint density at radius 1 is 1.67 bits per heavy atom. The number of hydrogen-bond donors (Lipinski definition) is 1. The van der Waals surface area contributed by atoms with Crippen LogP contribution in [0.4, 0.5) is 0 Å². The lowest BCUT2D eigenvalue weighted by Gasteiger charge is -2.26. The molecule has 1 N–H and O–H groups in total. The van der Waals surface area contributed by atoms with Gasteiger partial charge in [-0.05, 0) is 41.9 Å². The van der Waals surface area contributed by atoms with Crippen molar-refractivity contribution in [3.8, 4) is 0 Å². The number of carbonyl (C=O) groups is 1. The van der Waals surface area contributed by atoms with Gasteiger partial charge in [-0.15, -0.1) is 0 Å². The zero-order chi connectivity index (χ0) is 10.7. The molecule has 1 amide bonds. The van der Waals surface area contributed by atoms with Gasteiger partial charge in [0.1, 0.15) is 0 Å². The third kappa shape index (κ3) is 3.19. The first-order valence-electron chi connectivity index (χ1n) is 5.21. The zero-order valence-corrected chi connectivity index (χ0v) is 10.6. The molecule has 0 radical (unpaired) electrons. The number of aromatic nitrogens is 2. The smallest absolute Gasteiger partial charge is 0.222 e. The maximum atomic E-state index is 11.5. The van der Waals surface area contributed by atoms with Crippen molar-refractivity contribution in [3.63, 3.8) is 0 Å². The molecule has 0 aromatic carbocycles. The molecule has 1 saturated carbocycles. The predicted octanol–water partition coefficient (Wildman–Crippen LogP) is 1.55. The van der Waals surface area contributed by atoms with Gasteiger partial charge in [0.15, 0.2) is 0 Å². The van der Waals surface area contributed by atoms with Crippen molar-refractivity contribution < 1.29 is 4.79 Å². The predicted molar refractivity (Wildman–Crippen MR) is 65.3 cm³/mol. The number of carbonyl (C=O) groups excluding carboxylic acids is 1. The number of nitrogens with zero attached hydrogens (tertiary/aromatic N) is 2. The second-order valence-electron chi connectivity index (χ2n) is 3.87. The minimum atomic E-state index is 0.144. The molecule has 0 atom stereocenters. The Hall–Kier alpha value is -0.590. The van der Waals surface area contributed by atoms with Gasteiger partial charge in [-0.1, -0.05) is 0 Å². The molecule has 1 aliphatic carbocycles. The lowest BCUT2D eigenvalue weighted by atomic mass is 9.93. The van der Waals surface area contributed by atoms with E-state index in [2.05, 4.69) is 33.0 Å². The van der Waals surface area contributed by atoms with Crippen molar-refractivity contribution in [3.05, 3.63) is 16.0 Å². The number of nitrogens with one attached hydrogen (secondary N) is 1. The lowest BCUT2D eigenvalue weighted by Crippen LogP contribution is -2.39. The molecule has 1 heterocycles. The highest BCUT2D eigenvalue weighted by molar-refractivity contribution is 14.1. The van der Waals surface area contributed by atoms with Crippen LogP contribution in [0, 0.1) is 3.57 Å². The van der Waals surface area contributed by atoms with Gasteiger partial charge in [0, 0.05) is 25.2 Å². The molecule has 1 aromatic rings. The largest absolute Gasteiger partial charge is 0.353 e. The van der Waals surface area contributed by atoms with Gasteiger partial charge < -0.3 is 5.32 Å². The highest BCUT2D eigenvalue weighted by Gasteiger charge is 2.18. The Labute approximate surface area is 103 Å². The average molecular weight is 319 g/mol. The van der Waals surface area contributed by atoms with E-state index < -0.39 is 0 Å². The van der Waals surface area contributed by atoms with Crippen molar-refractivity contribution in [2.45, 2.75) is 38.3 Å². The fourth-order valence-corrected chi connectivity index (χ4v) is 1.98. The SMILES string of the molecule is O=C(CCn1cc(I)cn1)NC1CCC1. The van der Waals surface area contributed by atoms with Gasteiger partial charge in [0.25, 0.3) is 0 Å². The Kier molecular flexibility index (Phi) is 3.61. The van der Waals surface area contributed by atoms with E-state index in [4.69, 9.17) is 0 Å². The molecule has 0 saturated heterocycles. The van der Waals surface area contributed by atoms with Crippen LogP contribution >= 0.6 is 22.6 Å². The highest BCUT2D eigenvalue weighted by atomic mass is 127. The van der Waals surface area contributed by atoms with E-state index in [-0.39, 0.29) is 5.91 Å². The highest BCUT2D eigenvalue weighted by Crippen LogP contribution is 2.17. The van der Waals surface area contributed by atoms with Crippen molar-refractivity contribution in [1.29, 1.82) is 0 Å². The Morgan fingerprint density at radius 2 is 2.47 bits per heavy atom. The van der Waals surface area contributed by atoms with Gasteiger partial charge >= 0.3 is 0 Å². The van der Waals surface area contributed by atoms with Crippen LogP contribution in [0.3, 0.4) is 0 Å². The third-order valence-corrected chi connectivity index (χ3v) is 3.20. The summed E-state index contributed by atoms with van der Waals surface area (Å²) in [5.74, 6) is 0.144. The molecule has 1 fully saturated rings. The van der Waals surface area contributed by atoms with Gasteiger partial charge in [0.2, 0.25) is 5.91 Å². The lowest BCUT2D eigenvalue weighted by molar-refractivity contribution is -0.122. The van der Waals surface area contributed by atoms with Crippen molar-refractivity contribution in [1.82, 2.24) is 15.1 Å². The summed E-state index contributed by atoms with van der Waals surface area (Å²) in [5.41, 5.74) is 0. The maximum Gasteiger partial charge on any atom is 0.222 e. The van der Waals surface area contributed by atoms with E-state index in [1.807, 2.05) is 10.9 Å². The summed E-state index contributed by atoms with van der Waals surface area (Å²) < 4.78 is 2.91. The summed E-state index contributed by atoms with van der Waals surface area (Å²) in [4.78, 5) is 11.5. The van der Waals surface area contributed by atoms with Crippen LogP contribution in [0.2, 0.25) is 0 Å². The minimum Gasteiger partial charge on any atom is -0.353 e. The normalized spacial score (nSPS) is 16.1. The van der Waals surface area contributed by atoms with Gasteiger partial charge in [-0.25, -0.2) is 0 Å². The molecule has 5 heteroatoms. The van der Waals surface area contributed by atoms with Crippen LogP contribution in [-0.4, -0.2) is 21.7 Å². The molecule has 15 heavy (non-hydrogen) atoms. The first kappa shape index (κ1) is 10.9. The number of rotatable bonds is 4. The summed E-state index contributed by atoms with van der Waals surface area (Å²) in [6, 6.07) is 0.440. The van der Waals surface area contributed by atoms with Gasteiger partial charge in [-0.3, -0.25) is 9.48 Å². The first-order valence-corrected chi connectivity index (χ1v) is 6.29. The number of hydrogen-bond acceptors (Lipinski definition) is 2. The Balaban J connectivity index is 1.70. The molecule has 0 aliphatic heterocycles. The van der Waals surface area contributed by atoms with Crippen molar-refractivity contribution in [2.75, 3.05) is 0 Å². The zero-order valence-electron chi connectivity index (χ0n) is 8.45. The summed E-state index contributed by atoms with van der Waals surface area (Å²) in [7, 11) is 0. The van der Waals surface area contributed by atoms with Gasteiger partial charge in [0.05, 0.1) is 9.77 Å². The van der Waals surface area contributed by atoms with Crippen molar-refractivity contribution in [2.24, 2.45) is 0 Å². The molecule has 0 bridgehead atoms. The minimum absolute atomic E-state index is 0.144. The fourth-order valence-electron chi connectivity index (χ4n) is 1.53. The molecular weight excluding hydrogens is 305 g/mol. The molecule has 1 aliphatic rings. The fraction of sp³-hybridized carbons (Fsp3) is 0.600. The molecule has 2 rings (SSSR count). The molecule has 0 spiro atoms. The summed E-state index contributed by atoms with van der Waals surface area (Å²) in [6.07, 6.45) is 7.80. The van der Waals surface area contributed by atoms with E-state index in [0.29, 0.717) is 19.0 Å². The second kappa shape index (κ2) is 4.96. The van der Waals surface area contributed by atoms with Crippen LogP contribution < -0.4 is 5.32 Å². The molecule has 4 nitrogen and oxygen atoms in total. The van der Waals surface area contributed by atoms with E-state index in [1.54, 1.807) is 6.20 Å². The summed E-state index contributed by atoms with van der Waals surface area (Å²) in [5, 5.41) is 7.14. The Bertz CT molecular complexity index is 346. The summed E-state index contributed by atoms with van der Waals surface area (Å²) in [6.45, 7) is 0.668. The topological polar surface area (TPSA) is 46.9 Å². The molecule has 0 unspecified atom stereocenters. The van der Waals surface area contributed by atoms with E-state index in [9.17, 15) is 4.79 Å². The van der Waals surface area contributed by atoms with E-state index in [1.165, 1.54) is 6.42 Å². The van der Waals surface area contributed by atoms with Crippen LogP contribution in [0.1, 0.15) is 25.7 Å². The Morgan fingerprint density at radius 3 is 3.00 bits per heavy atom. The number of halogens is 1. The quantitative estimate of drug-likeness (QED) is 0.856. The number of aryl methyl sites for hydroxylation is 1. The van der Waals surface area contributed by atoms with Crippen LogP contribution in [-0.2, 0) is 11.3 Å². The third-order valence-electron chi connectivity index (χ3n) is 2.64. The van der Waals surface area contributed by atoms with E-state index in [0.717, 1.165) is 16.4 Å². The first-order chi connectivity index (χ1) is 7.24. The summed E-state index contributed by atoms with van der Waals surface area (Å²) >= 11 is 2.21. The van der Waals surface area contributed by atoms with Crippen molar-refractivity contribution >= 4 is 28.5 Å². The molecular formula is C10H14IN3O. The van der Waals surface area contributed by atoms with Crippen LogP contribution in [0.25, 0.3) is 0 Å². The molecule has 82 valence electrons. The molecule has 1 aromatic heterocycles. The second-order valence-corrected chi connectivity index (χ2v) is 5.11.